The SMILES string of the molecule is COc1ccc2c(cnn2CCC(=O)Nc2cccc(Cl)c2)c1. The van der Waals surface area contributed by atoms with Gasteiger partial charge in [-0.15, -0.1) is 0 Å². The number of aromatic nitrogens is 2. The molecule has 0 aliphatic rings. The first-order valence-corrected chi connectivity index (χ1v) is 7.58. The second-order valence-electron chi connectivity index (χ2n) is 5.10. The monoisotopic (exact) mass is 329 g/mol. The summed E-state index contributed by atoms with van der Waals surface area (Å²) in [6.07, 6.45) is 2.10. The van der Waals surface area contributed by atoms with Crippen LogP contribution >= 0.6 is 11.6 Å². The van der Waals surface area contributed by atoms with Gasteiger partial charge in [-0.3, -0.25) is 9.48 Å². The maximum Gasteiger partial charge on any atom is 0.226 e. The fourth-order valence-electron chi connectivity index (χ4n) is 2.37. The predicted octanol–water partition coefficient (Wildman–Crippen LogP) is 3.73. The van der Waals surface area contributed by atoms with Crippen LogP contribution in [0.1, 0.15) is 6.42 Å². The van der Waals surface area contributed by atoms with Crippen molar-refractivity contribution in [2.45, 2.75) is 13.0 Å². The molecule has 5 nitrogen and oxygen atoms in total. The van der Waals surface area contributed by atoms with Crippen molar-refractivity contribution in [1.82, 2.24) is 9.78 Å². The molecule has 2 aromatic carbocycles. The van der Waals surface area contributed by atoms with Crippen molar-refractivity contribution >= 4 is 34.1 Å². The summed E-state index contributed by atoms with van der Waals surface area (Å²) < 4.78 is 7.01. The van der Waals surface area contributed by atoms with E-state index in [0.29, 0.717) is 23.7 Å². The Bertz CT molecular complexity index is 845. The number of halogens is 1. The van der Waals surface area contributed by atoms with E-state index in [-0.39, 0.29) is 5.91 Å². The van der Waals surface area contributed by atoms with Gasteiger partial charge >= 0.3 is 0 Å². The van der Waals surface area contributed by atoms with Crippen LogP contribution in [0.2, 0.25) is 5.02 Å². The maximum atomic E-state index is 12.0. The van der Waals surface area contributed by atoms with E-state index >= 15 is 0 Å². The molecule has 0 aliphatic heterocycles. The predicted molar refractivity (Wildman–Crippen MR) is 91.0 cm³/mol. The number of carbonyl (C=O) groups is 1. The molecule has 0 spiro atoms. The third-order valence-electron chi connectivity index (χ3n) is 3.51. The molecule has 0 aliphatic carbocycles. The van der Waals surface area contributed by atoms with Crippen molar-refractivity contribution < 1.29 is 9.53 Å². The summed E-state index contributed by atoms with van der Waals surface area (Å²) in [6.45, 7) is 0.502. The lowest BCUT2D eigenvalue weighted by Crippen LogP contribution is -2.14. The van der Waals surface area contributed by atoms with Gasteiger partial charge in [0.2, 0.25) is 5.91 Å². The molecular formula is C17H16ClN3O2. The van der Waals surface area contributed by atoms with Crippen molar-refractivity contribution in [2.75, 3.05) is 12.4 Å². The van der Waals surface area contributed by atoms with Gasteiger partial charge in [0.05, 0.1) is 25.4 Å². The molecule has 3 aromatic rings. The number of nitrogens with one attached hydrogen (secondary N) is 1. The molecule has 0 atom stereocenters. The number of benzene rings is 2. The van der Waals surface area contributed by atoms with Gasteiger partial charge in [-0.05, 0) is 36.4 Å². The Balaban J connectivity index is 1.65. The van der Waals surface area contributed by atoms with Crippen molar-refractivity contribution in [3.63, 3.8) is 0 Å². The van der Waals surface area contributed by atoms with Crippen molar-refractivity contribution in [3.05, 3.63) is 53.7 Å². The summed E-state index contributed by atoms with van der Waals surface area (Å²) in [5.41, 5.74) is 1.67. The van der Waals surface area contributed by atoms with Crippen LogP contribution in [0.3, 0.4) is 0 Å². The van der Waals surface area contributed by atoms with Crippen LogP contribution in [-0.4, -0.2) is 22.8 Å². The summed E-state index contributed by atoms with van der Waals surface area (Å²) in [7, 11) is 1.63. The fraction of sp³-hybridized carbons (Fsp3) is 0.176. The molecule has 0 saturated heterocycles. The van der Waals surface area contributed by atoms with E-state index in [1.807, 2.05) is 22.9 Å². The van der Waals surface area contributed by atoms with E-state index in [1.165, 1.54) is 0 Å². The van der Waals surface area contributed by atoms with Gasteiger partial charge in [0.15, 0.2) is 0 Å². The topological polar surface area (TPSA) is 56.2 Å². The zero-order chi connectivity index (χ0) is 16.2. The van der Waals surface area contributed by atoms with Gasteiger partial charge in [-0.2, -0.15) is 5.10 Å². The third kappa shape index (κ3) is 3.63. The number of hydrogen-bond donors (Lipinski definition) is 1. The van der Waals surface area contributed by atoms with Gasteiger partial charge in [0, 0.05) is 22.5 Å². The molecule has 3 rings (SSSR count). The molecule has 0 radical (unpaired) electrons. The van der Waals surface area contributed by atoms with Crippen LogP contribution in [0.4, 0.5) is 5.69 Å². The summed E-state index contributed by atoms with van der Waals surface area (Å²) in [5, 5.41) is 8.73. The van der Waals surface area contributed by atoms with Crippen molar-refractivity contribution in [2.24, 2.45) is 0 Å². The second-order valence-corrected chi connectivity index (χ2v) is 5.54. The smallest absolute Gasteiger partial charge is 0.226 e. The maximum absolute atomic E-state index is 12.0. The minimum Gasteiger partial charge on any atom is -0.497 e. The average molecular weight is 330 g/mol. The molecule has 0 saturated carbocycles. The number of nitrogens with zero attached hydrogens (tertiary/aromatic N) is 2. The van der Waals surface area contributed by atoms with E-state index < -0.39 is 0 Å². The normalized spacial score (nSPS) is 10.7. The number of aryl methyl sites for hydroxylation is 1. The standard InChI is InChI=1S/C17H16ClN3O2/c1-23-15-5-6-16-12(9-15)11-19-21(16)8-7-17(22)20-14-4-2-3-13(18)10-14/h2-6,9-11H,7-8H2,1H3,(H,20,22). The second kappa shape index (κ2) is 6.71. The van der Waals surface area contributed by atoms with Gasteiger partial charge in [0.25, 0.3) is 0 Å². The Morgan fingerprint density at radius 2 is 2.17 bits per heavy atom. The lowest BCUT2D eigenvalue weighted by atomic mass is 10.2. The highest BCUT2D eigenvalue weighted by Crippen LogP contribution is 2.20. The molecule has 0 unspecified atom stereocenters. The first-order chi connectivity index (χ1) is 11.2. The minimum absolute atomic E-state index is 0.0792. The first-order valence-electron chi connectivity index (χ1n) is 7.21. The highest BCUT2D eigenvalue weighted by atomic mass is 35.5. The van der Waals surface area contributed by atoms with Crippen LogP contribution in [0, 0.1) is 0 Å². The molecular weight excluding hydrogens is 314 g/mol. The van der Waals surface area contributed by atoms with E-state index in [1.54, 1.807) is 37.6 Å². The highest BCUT2D eigenvalue weighted by molar-refractivity contribution is 6.30. The summed E-state index contributed by atoms with van der Waals surface area (Å²) >= 11 is 5.90. The van der Waals surface area contributed by atoms with Gasteiger partial charge in [0.1, 0.15) is 5.75 Å². The van der Waals surface area contributed by atoms with Crippen LogP contribution in [0.25, 0.3) is 10.9 Å². The highest BCUT2D eigenvalue weighted by Gasteiger charge is 2.07. The van der Waals surface area contributed by atoms with E-state index in [0.717, 1.165) is 16.7 Å². The number of rotatable bonds is 5. The fourth-order valence-corrected chi connectivity index (χ4v) is 2.56. The van der Waals surface area contributed by atoms with E-state index in [2.05, 4.69) is 10.4 Å². The Hall–Kier alpha value is -2.53. The van der Waals surface area contributed by atoms with Crippen LogP contribution in [-0.2, 0) is 11.3 Å². The van der Waals surface area contributed by atoms with Crippen molar-refractivity contribution in [1.29, 1.82) is 0 Å². The average Bonchev–Trinajstić information content (AvgIpc) is 2.95. The quantitative estimate of drug-likeness (QED) is 0.776. The van der Waals surface area contributed by atoms with Gasteiger partial charge in [-0.25, -0.2) is 0 Å². The first kappa shape index (κ1) is 15.4. The Morgan fingerprint density at radius 3 is 2.96 bits per heavy atom. The Morgan fingerprint density at radius 1 is 1.30 bits per heavy atom. The van der Waals surface area contributed by atoms with Crippen molar-refractivity contribution in [3.8, 4) is 5.75 Å². The minimum atomic E-state index is -0.0792. The Labute approximate surface area is 138 Å². The van der Waals surface area contributed by atoms with Gasteiger partial charge in [-0.1, -0.05) is 17.7 Å². The lowest BCUT2D eigenvalue weighted by molar-refractivity contribution is -0.116. The molecule has 0 fully saturated rings. The summed E-state index contributed by atoms with van der Waals surface area (Å²) in [4.78, 5) is 12.0. The number of fused-ring (bicyclic) bond motifs is 1. The van der Waals surface area contributed by atoms with Crippen LogP contribution < -0.4 is 10.1 Å². The number of hydrogen-bond acceptors (Lipinski definition) is 3. The molecule has 6 heteroatoms. The molecule has 23 heavy (non-hydrogen) atoms. The Kier molecular flexibility index (Phi) is 4.48. The molecule has 1 amide bonds. The molecule has 1 N–H and O–H groups in total. The summed E-state index contributed by atoms with van der Waals surface area (Å²) in [5.74, 6) is 0.708. The lowest BCUT2D eigenvalue weighted by Gasteiger charge is -2.07. The van der Waals surface area contributed by atoms with Crippen LogP contribution in [0.15, 0.2) is 48.7 Å². The molecule has 0 bridgehead atoms. The number of methoxy groups -OCH3 is 1. The number of carbonyl (C=O) groups excluding carboxylic acids is 1. The largest absolute Gasteiger partial charge is 0.497 e. The number of anilines is 1. The van der Waals surface area contributed by atoms with Crippen LogP contribution in [0.5, 0.6) is 5.75 Å². The third-order valence-corrected chi connectivity index (χ3v) is 3.74. The molecule has 1 aromatic heterocycles. The van der Waals surface area contributed by atoms with E-state index in [9.17, 15) is 4.79 Å². The molecule has 1 heterocycles. The number of ether oxygens (including phenoxy) is 1. The number of amides is 1. The van der Waals surface area contributed by atoms with E-state index in [4.69, 9.17) is 16.3 Å². The summed E-state index contributed by atoms with van der Waals surface area (Å²) in [6, 6.07) is 12.8. The zero-order valence-electron chi connectivity index (χ0n) is 12.6. The zero-order valence-corrected chi connectivity index (χ0v) is 13.4. The molecule has 118 valence electrons. The van der Waals surface area contributed by atoms with Gasteiger partial charge < -0.3 is 10.1 Å².